The van der Waals surface area contributed by atoms with Gasteiger partial charge in [-0.1, -0.05) is 11.8 Å². The number of aryl methyl sites for hydroxylation is 1. The Hall–Kier alpha value is -0.560. The molecular weight excluding hydrogens is 372 g/mol. The molecule has 0 atom stereocenters. The maximum atomic E-state index is 4.56. The minimum Gasteiger partial charge on any atom is -0.380 e. The fourth-order valence-electron chi connectivity index (χ4n) is 1.89. The van der Waals surface area contributed by atoms with Crippen LogP contribution >= 0.6 is 50.4 Å². The number of anilines is 1. The monoisotopic (exact) mass is 384 g/mol. The number of thioether (sulfide) groups is 1. The van der Waals surface area contributed by atoms with E-state index >= 15 is 0 Å². The second kappa shape index (κ2) is 6.05. The molecule has 0 aliphatic rings. The van der Waals surface area contributed by atoms with Gasteiger partial charge in [-0.3, -0.25) is 0 Å². The molecule has 20 heavy (non-hydrogen) atoms. The molecule has 0 fully saturated rings. The summed E-state index contributed by atoms with van der Waals surface area (Å²) in [6.45, 7) is 2.99. The van der Waals surface area contributed by atoms with Gasteiger partial charge in [0.05, 0.1) is 10.2 Å². The minimum absolute atomic E-state index is 0.858. The van der Waals surface area contributed by atoms with E-state index in [9.17, 15) is 0 Å². The summed E-state index contributed by atoms with van der Waals surface area (Å²) >= 11 is 8.83. The quantitative estimate of drug-likeness (QED) is 0.578. The highest BCUT2D eigenvalue weighted by atomic mass is 79.9. The largest absolute Gasteiger partial charge is 0.380 e. The molecule has 0 amide bonds. The SMILES string of the molecule is CSc1nc2ccc(NCc3cc(Br)c(C)s3)cc2s1. The van der Waals surface area contributed by atoms with Gasteiger partial charge in [0.25, 0.3) is 0 Å². The summed E-state index contributed by atoms with van der Waals surface area (Å²) in [5.41, 5.74) is 2.23. The van der Waals surface area contributed by atoms with Crippen molar-refractivity contribution in [3.8, 4) is 0 Å². The van der Waals surface area contributed by atoms with E-state index in [1.54, 1.807) is 23.1 Å². The first-order valence-electron chi connectivity index (χ1n) is 6.09. The summed E-state index contributed by atoms with van der Waals surface area (Å²) < 4.78 is 3.56. The molecule has 104 valence electrons. The lowest BCUT2D eigenvalue weighted by atomic mass is 10.3. The van der Waals surface area contributed by atoms with Crippen LogP contribution in [-0.2, 0) is 6.54 Å². The first-order chi connectivity index (χ1) is 9.65. The Kier molecular flexibility index (Phi) is 4.35. The third-order valence-electron chi connectivity index (χ3n) is 2.92. The standard InChI is InChI=1S/C14H13BrN2S3/c1-8-11(15)6-10(19-8)7-16-9-3-4-12-13(5-9)20-14(17-12)18-2/h3-6,16H,7H2,1-2H3. The molecule has 0 bridgehead atoms. The Morgan fingerprint density at radius 2 is 2.15 bits per heavy atom. The normalized spacial score (nSPS) is 11.2. The van der Waals surface area contributed by atoms with Crippen LogP contribution in [0.4, 0.5) is 5.69 Å². The third kappa shape index (κ3) is 3.03. The average molecular weight is 385 g/mol. The van der Waals surface area contributed by atoms with Gasteiger partial charge < -0.3 is 5.32 Å². The van der Waals surface area contributed by atoms with Gasteiger partial charge in [-0.15, -0.1) is 22.7 Å². The summed E-state index contributed by atoms with van der Waals surface area (Å²) in [7, 11) is 0. The molecule has 0 unspecified atom stereocenters. The van der Waals surface area contributed by atoms with Gasteiger partial charge in [0.15, 0.2) is 4.34 Å². The molecule has 0 saturated carbocycles. The van der Waals surface area contributed by atoms with Crippen molar-refractivity contribution < 1.29 is 0 Å². The van der Waals surface area contributed by atoms with Crippen LogP contribution in [-0.4, -0.2) is 11.2 Å². The molecule has 6 heteroatoms. The van der Waals surface area contributed by atoms with E-state index in [4.69, 9.17) is 0 Å². The van der Waals surface area contributed by atoms with Crippen LogP contribution in [0.25, 0.3) is 10.2 Å². The predicted octanol–water partition coefficient (Wildman–Crippen LogP) is 5.76. The Bertz CT molecular complexity index is 729. The number of thiophene rings is 1. The highest BCUT2D eigenvalue weighted by molar-refractivity contribution is 9.10. The van der Waals surface area contributed by atoms with Gasteiger partial charge >= 0.3 is 0 Å². The number of nitrogens with zero attached hydrogens (tertiary/aromatic N) is 1. The number of fused-ring (bicyclic) bond motifs is 1. The van der Waals surface area contributed by atoms with Gasteiger partial charge in [0, 0.05) is 26.5 Å². The van der Waals surface area contributed by atoms with Crippen molar-refractivity contribution in [1.29, 1.82) is 0 Å². The molecule has 3 rings (SSSR count). The van der Waals surface area contributed by atoms with E-state index in [0.717, 1.165) is 22.1 Å². The van der Waals surface area contributed by atoms with Crippen LogP contribution in [0.15, 0.2) is 33.1 Å². The first-order valence-corrected chi connectivity index (χ1v) is 9.74. The molecule has 1 N–H and O–H groups in total. The van der Waals surface area contributed by atoms with E-state index in [2.05, 4.69) is 63.7 Å². The van der Waals surface area contributed by atoms with Crippen LogP contribution in [0.1, 0.15) is 9.75 Å². The Morgan fingerprint density at radius 1 is 1.30 bits per heavy atom. The lowest BCUT2D eigenvalue weighted by Crippen LogP contribution is -1.96. The van der Waals surface area contributed by atoms with Crippen molar-refractivity contribution in [3.05, 3.63) is 38.5 Å². The lowest BCUT2D eigenvalue weighted by Gasteiger charge is -2.04. The van der Waals surface area contributed by atoms with Crippen LogP contribution in [0.2, 0.25) is 0 Å². The summed E-state index contributed by atoms with van der Waals surface area (Å²) in [6, 6.07) is 8.55. The average Bonchev–Trinajstić information content (AvgIpc) is 2.99. The second-order valence-electron chi connectivity index (χ2n) is 4.34. The van der Waals surface area contributed by atoms with E-state index in [-0.39, 0.29) is 0 Å². The molecule has 0 spiro atoms. The number of aromatic nitrogens is 1. The van der Waals surface area contributed by atoms with Gasteiger partial charge in [-0.25, -0.2) is 4.98 Å². The molecule has 0 aliphatic heterocycles. The summed E-state index contributed by atoms with van der Waals surface area (Å²) in [4.78, 5) is 7.22. The number of nitrogens with one attached hydrogen (secondary N) is 1. The van der Waals surface area contributed by atoms with Gasteiger partial charge in [-0.05, 0) is 53.4 Å². The Labute approximate surface area is 138 Å². The molecule has 0 radical (unpaired) electrons. The third-order valence-corrected chi connectivity index (χ3v) is 7.06. The Morgan fingerprint density at radius 3 is 2.85 bits per heavy atom. The molecule has 3 aromatic rings. The minimum atomic E-state index is 0.858. The molecule has 1 aromatic carbocycles. The van der Waals surface area contributed by atoms with Gasteiger partial charge in [0.1, 0.15) is 0 Å². The Balaban J connectivity index is 1.76. The highest BCUT2D eigenvalue weighted by Gasteiger charge is 2.05. The molecule has 0 aliphatic carbocycles. The number of benzene rings is 1. The lowest BCUT2D eigenvalue weighted by molar-refractivity contribution is 1.19. The highest BCUT2D eigenvalue weighted by Crippen LogP contribution is 2.31. The maximum Gasteiger partial charge on any atom is 0.150 e. The van der Waals surface area contributed by atoms with Crippen molar-refractivity contribution in [2.24, 2.45) is 0 Å². The zero-order valence-corrected chi connectivity index (χ0v) is 15.1. The topological polar surface area (TPSA) is 24.9 Å². The second-order valence-corrected chi connectivity index (χ2v) is 8.62. The van der Waals surface area contributed by atoms with Crippen molar-refractivity contribution in [3.63, 3.8) is 0 Å². The van der Waals surface area contributed by atoms with Gasteiger partial charge in [0.2, 0.25) is 0 Å². The number of thiazole rings is 1. The molecule has 2 nitrogen and oxygen atoms in total. The zero-order valence-electron chi connectivity index (χ0n) is 11.1. The number of halogens is 1. The van der Waals surface area contributed by atoms with Crippen LogP contribution in [0.3, 0.4) is 0 Å². The van der Waals surface area contributed by atoms with Crippen LogP contribution in [0.5, 0.6) is 0 Å². The maximum absolute atomic E-state index is 4.56. The molecule has 2 aromatic heterocycles. The summed E-state index contributed by atoms with van der Waals surface area (Å²) in [6.07, 6.45) is 2.06. The van der Waals surface area contributed by atoms with Gasteiger partial charge in [-0.2, -0.15) is 0 Å². The molecular formula is C14H13BrN2S3. The van der Waals surface area contributed by atoms with E-state index in [1.807, 2.05) is 11.3 Å². The van der Waals surface area contributed by atoms with Crippen molar-refractivity contribution in [2.75, 3.05) is 11.6 Å². The van der Waals surface area contributed by atoms with Crippen LogP contribution < -0.4 is 5.32 Å². The van der Waals surface area contributed by atoms with E-state index in [0.29, 0.717) is 0 Å². The van der Waals surface area contributed by atoms with Crippen LogP contribution in [0, 0.1) is 6.92 Å². The fourth-order valence-corrected chi connectivity index (χ4v) is 4.96. The predicted molar refractivity (Wildman–Crippen MR) is 95.5 cm³/mol. The summed E-state index contributed by atoms with van der Waals surface area (Å²) in [5, 5.41) is 3.48. The van der Waals surface area contributed by atoms with Crippen molar-refractivity contribution in [2.45, 2.75) is 17.8 Å². The molecule has 0 saturated heterocycles. The van der Waals surface area contributed by atoms with Crippen molar-refractivity contribution in [1.82, 2.24) is 4.98 Å². The fraction of sp³-hybridized carbons (Fsp3) is 0.214. The zero-order chi connectivity index (χ0) is 14.1. The van der Waals surface area contributed by atoms with E-state index in [1.165, 1.54) is 18.9 Å². The summed E-state index contributed by atoms with van der Waals surface area (Å²) in [5.74, 6) is 0. The molecule has 2 heterocycles. The number of hydrogen-bond donors (Lipinski definition) is 1. The first kappa shape index (κ1) is 14.4. The smallest absolute Gasteiger partial charge is 0.150 e. The number of hydrogen-bond acceptors (Lipinski definition) is 5. The number of rotatable bonds is 4. The van der Waals surface area contributed by atoms with E-state index < -0.39 is 0 Å². The van der Waals surface area contributed by atoms with Crippen molar-refractivity contribution >= 4 is 66.3 Å².